The second-order valence-electron chi connectivity index (χ2n) is 5.25. The molecule has 7 nitrogen and oxygen atoms in total. The molecule has 0 aliphatic heterocycles. The van der Waals surface area contributed by atoms with E-state index in [2.05, 4.69) is 15.1 Å². The molecule has 9 heteroatoms. The molecule has 2 N–H and O–H groups in total. The molecule has 2 aromatic rings. The van der Waals surface area contributed by atoms with Gasteiger partial charge in [-0.25, -0.2) is 4.79 Å². The smallest absolute Gasteiger partial charge is 0.374 e. The Kier molecular flexibility index (Phi) is 7.91. The molecule has 142 valence electrons. The Bertz CT molecular complexity index is 839. The maximum Gasteiger partial charge on any atom is 0.374 e. The van der Waals surface area contributed by atoms with Crippen molar-refractivity contribution < 1.29 is 19.2 Å². The Morgan fingerprint density at radius 2 is 1.78 bits per heavy atom. The second-order valence-corrected chi connectivity index (χ2v) is 6.12. The molecular weight excluding hydrogens is 393 g/mol. The van der Waals surface area contributed by atoms with Crippen molar-refractivity contribution in [2.24, 2.45) is 16.0 Å². The molecular formula is C18H17Cl2N3O4. The van der Waals surface area contributed by atoms with Crippen LogP contribution in [0, 0.1) is 0 Å². The Hall–Kier alpha value is -2.77. The van der Waals surface area contributed by atoms with Crippen LogP contribution in [0.3, 0.4) is 0 Å². The Labute approximate surface area is 166 Å². The van der Waals surface area contributed by atoms with Crippen LogP contribution in [0.4, 0.5) is 0 Å². The highest BCUT2D eigenvalue weighted by Crippen LogP contribution is 2.16. The lowest BCUT2D eigenvalue weighted by molar-refractivity contribution is -0.149. The molecule has 0 spiro atoms. The van der Waals surface area contributed by atoms with Gasteiger partial charge in [0, 0.05) is 10.0 Å². The van der Waals surface area contributed by atoms with E-state index in [1.54, 1.807) is 55.5 Å². The first-order valence-corrected chi connectivity index (χ1v) is 8.52. The van der Waals surface area contributed by atoms with Crippen LogP contribution in [0.25, 0.3) is 0 Å². The number of ether oxygens (including phenoxy) is 1. The van der Waals surface area contributed by atoms with Gasteiger partial charge >= 0.3 is 5.97 Å². The lowest BCUT2D eigenvalue weighted by Crippen LogP contribution is -2.22. The number of amidine groups is 1. The van der Waals surface area contributed by atoms with E-state index in [0.717, 1.165) is 5.56 Å². The molecule has 2 aromatic carbocycles. The minimum atomic E-state index is -0.756. The lowest BCUT2D eigenvalue weighted by Gasteiger charge is -2.05. The summed E-state index contributed by atoms with van der Waals surface area (Å²) >= 11 is 11.7. The highest BCUT2D eigenvalue weighted by molar-refractivity contribution is 6.31. The second kappa shape index (κ2) is 10.4. The molecule has 0 amide bonds. The molecule has 0 atom stereocenters. The highest BCUT2D eigenvalue weighted by atomic mass is 35.5. The van der Waals surface area contributed by atoms with Crippen molar-refractivity contribution in [2.45, 2.75) is 6.92 Å². The largest absolute Gasteiger partial charge is 0.486 e. The SMILES string of the molecule is C/C(=N\OCC(=O)O/N=C(\N)COc1cccc(Cl)c1)c1ccc(Cl)cc1. The summed E-state index contributed by atoms with van der Waals surface area (Å²) < 4.78 is 5.36. The van der Waals surface area contributed by atoms with Gasteiger partial charge in [-0.05, 0) is 42.8 Å². The Morgan fingerprint density at radius 3 is 2.48 bits per heavy atom. The topological polar surface area (TPSA) is 95.5 Å². The number of rotatable bonds is 8. The van der Waals surface area contributed by atoms with E-state index in [4.69, 9.17) is 38.5 Å². The van der Waals surface area contributed by atoms with Gasteiger partial charge in [0.2, 0.25) is 6.61 Å². The van der Waals surface area contributed by atoms with E-state index in [1.807, 2.05) is 0 Å². The van der Waals surface area contributed by atoms with Crippen molar-refractivity contribution in [2.75, 3.05) is 13.2 Å². The molecule has 0 saturated heterocycles. The number of carbonyl (C=O) groups excluding carboxylic acids is 1. The maximum atomic E-state index is 11.6. The number of nitrogens with zero attached hydrogens (tertiary/aromatic N) is 2. The van der Waals surface area contributed by atoms with Gasteiger partial charge in [0.25, 0.3) is 0 Å². The van der Waals surface area contributed by atoms with Crippen LogP contribution in [0.5, 0.6) is 5.75 Å². The zero-order valence-corrected chi connectivity index (χ0v) is 15.9. The molecule has 0 aliphatic carbocycles. The van der Waals surface area contributed by atoms with E-state index >= 15 is 0 Å². The van der Waals surface area contributed by atoms with Gasteiger partial charge in [0.1, 0.15) is 12.4 Å². The average molecular weight is 410 g/mol. The summed E-state index contributed by atoms with van der Waals surface area (Å²) in [6, 6.07) is 13.8. The minimum Gasteiger partial charge on any atom is -0.486 e. The molecule has 0 saturated carbocycles. The van der Waals surface area contributed by atoms with Gasteiger partial charge in [-0.15, -0.1) is 0 Å². The van der Waals surface area contributed by atoms with Crippen molar-refractivity contribution in [3.05, 3.63) is 64.1 Å². The van der Waals surface area contributed by atoms with Crippen LogP contribution < -0.4 is 10.5 Å². The summed E-state index contributed by atoms with van der Waals surface area (Å²) in [6.45, 7) is 1.25. The predicted octanol–water partition coefficient (Wildman–Crippen LogP) is 3.63. The van der Waals surface area contributed by atoms with Gasteiger partial charge < -0.3 is 20.1 Å². The highest BCUT2D eigenvalue weighted by Gasteiger charge is 2.05. The third-order valence-corrected chi connectivity index (χ3v) is 3.58. The summed E-state index contributed by atoms with van der Waals surface area (Å²) in [5.41, 5.74) is 7.00. The lowest BCUT2D eigenvalue weighted by atomic mass is 10.1. The number of carbonyl (C=O) groups is 1. The average Bonchev–Trinajstić information content (AvgIpc) is 2.65. The van der Waals surface area contributed by atoms with E-state index in [0.29, 0.717) is 21.5 Å². The zero-order valence-electron chi connectivity index (χ0n) is 14.4. The zero-order chi connectivity index (χ0) is 19.6. The first-order chi connectivity index (χ1) is 12.9. The van der Waals surface area contributed by atoms with Crippen molar-refractivity contribution >= 4 is 40.7 Å². The van der Waals surface area contributed by atoms with Crippen molar-refractivity contribution in [1.29, 1.82) is 0 Å². The van der Waals surface area contributed by atoms with Crippen LogP contribution in [0.2, 0.25) is 10.0 Å². The molecule has 0 aliphatic rings. The van der Waals surface area contributed by atoms with Gasteiger partial charge in [-0.2, -0.15) is 0 Å². The van der Waals surface area contributed by atoms with Gasteiger partial charge in [-0.3, -0.25) is 0 Å². The first kappa shape index (κ1) is 20.5. The van der Waals surface area contributed by atoms with Crippen LogP contribution in [0.15, 0.2) is 58.8 Å². The normalized spacial score (nSPS) is 11.8. The third kappa shape index (κ3) is 7.55. The number of halogens is 2. The monoisotopic (exact) mass is 409 g/mol. The summed E-state index contributed by atoms with van der Waals surface area (Å²) in [6.07, 6.45) is 0. The van der Waals surface area contributed by atoms with Crippen LogP contribution >= 0.6 is 23.2 Å². The van der Waals surface area contributed by atoms with E-state index in [1.165, 1.54) is 0 Å². The third-order valence-electron chi connectivity index (χ3n) is 3.09. The van der Waals surface area contributed by atoms with Crippen molar-refractivity contribution in [3.63, 3.8) is 0 Å². The van der Waals surface area contributed by atoms with Crippen LogP contribution in [-0.4, -0.2) is 30.7 Å². The standard InChI is InChI=1S/C18H17Cl2N3O4/c1-12(13-5-7-14(19)8-6-13)22-26-11-18(24)27-23-17(21)10-25-16-4-2-3-15(20)9-16/h2-9H,10-11H2,1H3,(H2,21,23)/b22-12+. The number of benzene rings is 2. The fourth-order valence-electron chi connectivity index (χ4n) is 1.80. The van der Waals surface area contributed by atoms with Crippen LogP contribution in [0.1, 0.15) is 12.5 Å². The fraction of sp³-hybridized carbons (Fsp3) is 0.167. The van der Waals surface area contributed by atoms with E-state index in [9.17, 15) is 4.79 Å². The van der Waals surface area contributed by atoms with Gasteiger partial charge in [0.05, 0.1) is 5.71 Å². The molecule has 0 heterocycles. The van der Waals surface area contributed by atoms with Gasteiger partial charge in [0.15, 0.2) is 5.84 Å². The predicted molar refractivity (Wildman–Crippen MR) is 104 cm³/mol. The summed E-state index contributed by atoms with van der Waals surface area (Å²) in [7, 11) is 0. The number of hydrogen-bond acceptors (Lipinski definition) is 6. The molecule has 0 unspecified atom stereocenters. The number of hydrogen-bond donors (Lipinski definition) is 1. The molecule has 0 aromatic heterocycles. The summed E-state index contributed by atoms with van der Waals surface area (Å²) in [5.74, 6) is -0.264. The maximum absolute atomic E-state index is 11.6. The fourth-order valence-corrected chi connectivity index (χ4v) is 2.11. The van der Waals surface area contributed by atoms with E-state index in [-0.39, 0.29) is 12.4 Å². The first-order valence-electron chi connectivity index (χ1n) is 7.77. The molecule has 0 fully saturated rings. The molecule has 0 bridgehead atoms. The van der Waals surface area contributed by atoms with Crippen molar-refractivity contribution in [1.82, 2.24) is 0 Å². The van der Waals surface area contributed by atoms with E-state index < -0.39 is 12.6 Å². The molecule has 27 heavy (non-hydrogen) atoms. The Morgan fingerprint density at radius 1 is 1.04 bits per heavy atom. The molecule has 2 rings (SSSR count). The number of nitrogens with two attached hydrogens (primary N) is 1. The minimum absolute atomic E-state index is 0.0239. The van der Waals surface area contributed by atoms with Gasteiger partial charge in [-0.1, -0.05) is 51.7 Å². The summed E-state index contributed by atoms with van der Waals surface area (Å²) in [4.78, 5) is 21.1. The van der Waals surface area contributed by atoms with Crippen LogP contribution in [-0.2, 0) is 14.5 Å². The summed E-state index contributed by atoms with van der Waals surface area (Å²) in [5, 5.41) is 8.45. The quantitative estimate of drug-likeness (QED) is 0.310. The van der Waals surface area contributed by atoms with Crippen molar-refractivity contribution in [3.8, 4) is 5.75 Å². The number of oxime groups is 2. The Balaban J connectivity index is 1.73. The molecule has 0 radical (unpaired) electrons.